The van der Waals surface area contributed by atoms with Crippen LogP contribution in [-0.2, 0) is 28.6 Å². The van der Waals surface area contributed by atoms with E-state index in [1.165, 1.54) is 32.4 Å². The summed E-state index contributed by atoms with van der Waals surface area (Å²) in [6, 6.07) is 9.09. The van der Waals surface area contributed by atoms with Crippen LogP contribution in [0.5, 0.6) is 11.5 Å². The number of nitrogens with zero attached hydrogens (tertiary/aromatic N) is 1. The second-order valence-electron chi connectivity index (χ2n) is 7.01. The molecule has 0 saturated carbocycles. The van der Waals surface area contributed by atoms with Crippen LogP contribution in [0.2, 0.25) is 0 Å². The molecule has 12 heteroatoms. The second kappa shape index (κ2) is 11.5. The largest absolute Gasteiger partial charge is 0.465 e. The SMILES string of the molecule is COC(=O)c1cc(NC(=O)COC(=O)CO/N=C(/C)c2ccc3c(c2)OCO3)cc(C(=O)OC)c1. The maximum Gasteiger partial charge on any atom is 0.347 e. The fourth-order valence-electron chi connectivity index (χ4n) is 2.91. The van der Waals surface area contributed by atoms with E-state index in [1.54, 1.807) is 25.1 Å². The molecule has 1 N–H and O–H groups in total. The topological polar surface area (TPSA) is 148 Å². The van der Waals surface area contributed by atoms with Crippen molar-refractivity contribution in [1.29, 1.82) is 0 Å². The fourth-order valence-corrected chi connectivity index (χ4v) is 2.91. The zero-order chi connectivity index (χ0) is 25.4. The van der Waals surface area contributed by atoms with E-state index in [4.69, 9.17) is 19.0 Å². The van der Waals surface area contributed by atoms with Crippen LogP contribution in [0.15, 0.2) is 41.6 Å². The summed E-state index contributed by atoms with van der Waals surface area (Å²) < 4.78 is 24.7. The van der Waals surface area contributed by atoms with Crippen molar-refractivity contribution in [2.24, 2.45) is 5.16 Å². The van der Waals surface area contributed by atoms with Crippen LogP contribution in [0.4, 0.5) is 5.69 Å². The summed E-state index contributed by atoms with van der Waals surface area (Å²) in [5.41, 5.74) is 1.34. The Bertz CT molecular complexity index is 1140. The van der Waals surface area contributed by atoms with Crippen LogP contribution < -0.4 is 14.8 Å². The van der Waals surface area contributed by atoms with Crippen molar-refractivity contribution in [3.05, 3.63) is 53.1 Å². The number of oxime groups is 1. The second-order valence-corrected chi connectivity index (χ2v) is 7.01. The van der Waals surface area contributed by atoms with Gasteiger partial charge in [-0.1, -0.05) is 5.16 Å². The first-order valence-corrected chi connectivity index (χ1v) is 10.1. The lowest BCUT2D eigenvalue weighted by molar-refractivity contribution is -0.151. The third kappa shape index (κ3) is 6.69. The number of hydrogen-bond donors (Lipinski definition) is 1. The molecule has 0 aliphatic carbocycles. The predicted molar refractivity (Wildman–Crippen MR) is 119 cm³/mol. The van der Waals surface area contributed by atoms with Crippen LogP contribution in [0.25, 0.3) is 0 Å². The smallest absolute Gasteiger partial charge is 0.347 e. The van der Waals surface area contributed by atoms with Gasteiger partial charge in [-0.2, -0.15) is 0 Å². The van der Waals surface area contributed by atoms with Crippen molar-refractivity contribution < 1.29 is 47.7 Å². The average Bonchev–Trinajstić information content (AvgIpc) is 3.34. The van der Waals surface area contributed by atoms with Gasteiger partial charge in [-0.15, -0.1) is 0 Å². The van der Waals surface area contributed by atoms with Gasteiger partial charge in [0.05, 0.1) is 31.1 Å². The van der Waals surface area contributed by atoms with E-state index >= 15 is 0 Å². The Morgan fingerprint density at radius 1 is 0.886 bits per heavy atom. The number of anilines is 1. The molecule has 2 aromatic rings. The van der Waals surface area contributed by atoms with Gasteiger partial charge in [0, 0.05) is 11.3 Å². The van der Waals surface area contributed by atoms with Gasteiger partial charge in [-0.05, 0) is 43.3 Å². The van der Waals surface area contributed by atoms with Crippen LogP contribution in [0, 0.1) is 0 Å². The van der Waals surface area contributed by atoms with Gasteiger partial charge in [0.2, 0.25) is 13.4 Å². The maximum atomic E-state index is 12.2. The number of hydrogen-bond acceptors (Lipinski definition) is 11. The Labute approximate surface area is 199 Å². The lowest BCUT2D eigenvalue weighted by atomic mass is 10.1. The van der Waals surface area contributed by atoms with E-state index in [9.17, 15) is 19.2 Å². The Morgan fingerprint density at radius 3 is 2.20 bits per heavy atom. The molecule has 1 aliphatic heterocycles. The van der Waals surface area contributed by atoms with Gasteiger partial charge < -0.3 is 33.8 Å². The highest BCUT2D eigenvalue weighted by atomic mass is 16.7. The van der Waals surface area contributed by atoms with Crippen LogP contribution in [0.1, 0.15) is 33.2 Å². The number of fused-ring (bicyclic) bond motifs is 1. The number of carbonyl (C=O) groups is 4. The normalized spacial score (nSPS) is 11.9. The molecule has 0 unspecified atom stereocenters. The zero-order valence-corrected chi connectivity index (χ0v) is 19.1. The molecule has 1 aliphatic rings. The molecule has 0 aromatic heterocycles. The first-order valence-electron chi connectivity index (χ1n) is 10.1. The zero-order valence-electron chi connectivity index (χ0n) is 19.1. The highest BCUT2D eigenvalue weighted by molar-refractivity contribution is 6.00. The quantitative estimate of drug-likeness (QED) is 0.241. The van der Waals surface area contributed by atoms with Gasteiger partial charge in [0.1, 0.15) is 0 Å². The molecule has 2 aromatic carbocycles. The number of ether oxygens (including phenoxy) is 5. The first-order chi connectivity index (χ1) is 16.8. The Balaban J connectivity index is 1.50. The number of amides is 1. The summed E-state index contributed by atoms with van der Waals surface area (Å²) in [6.45, 7) is 0.665. The third-order valence-electron chi connectivity index (χ3n) is 4.60. The summed E-state index contributed by atoms with van der Waals surface area (Å²) >= 11 is 0. The summed E-state index contributed by atoms with van der Waals surface area (Å²) in [4.78, 5) is 52.7. The monoisotopic (exact) mass is 486 g/mol. The number of esters is 3. The van der Waals surface area contributed by atoms with Crippen molar-refractivity contribution in [2.75, 3.05) is 39.5 Å². The Hall–Kier alpha value is -4.61. The molecular weight excluding hydrogens is 464 g/mol. The van der Waals surface area contributed by atoms with E-state index in [0.29, 0.717) is 22.8 Å². The Morgan fingerprint density at radius 2 is 1.54 bits per heavy atom. The molecule has 0 spiro atoms. The molecule has 35 heavy (non-hydrogen) atoms. The Kier molecular flexibility index (Phi) is 8.22. The molecule has 0 radical (unpaired) electrons. The minimum Gasteiger partial charge on any atom is -0.465 e. The summed E-state index contributed by atoms with van der Waals surface area (Å²) in [5.74, 6) is -1.77. The van der Waals surface area contributed by atoms with Gasteiger partial charge in [-0.3, -0.25) is 4.79 Å². The molecule has 3 rings (SSSR count). The van der Waals surface area contributed by atoms with Crippen molar-refractivity contribution >= 4 is 35.2 Å². The van der Waals surface area contributed by atoms with E-state index < -0.39 is 37.0 Å². The third-order valence-corrected chi connectivity index (χ3v) is 4.60. The average molecular weight is 486 g/mol. The molecule has 0 atom stereocenters. The lowest BCUT2D eigenvalue weighted by Crippen LogP contribution is -2.23. The summed E-state index contributed by atoms with van der Waals surface area (Å²) in [6.07, 6.45) is 0. The molecule has 12 nitrogen and oxygen atoms in total. The number of rotatable bonds is 9. The fraction of sp³-hybridized carbons (Fsp3) is 0.261. The van der Waals surface area contributed by atoms with Crippen molar-refractivity contribution in [3.8, 4) is 11.5 Å². The van der Waals surface area contributed by atoms with Gasteiger partial charge in [0.15, 0.2) is 18.1 Å². The number of methoxy groups -OCH3 is 2. The summed E-state index contributed by atoms with van der Waals surface area (Å²) in [7, 11) is 2.35. The van der Waals surface area contributed by atoms with Crippen LogP contribution >= 0.6 is 0 Å². The minimum absolute atomic E-state index is 0.0202. The highest BCUT2D eigenvalue weighted by Crippen LogP contribution is 2.32. The molecule has 0 bridgehead atoms. The minimum atomic E-state index is -0.832. The standard InChI is InChI=1S/C23H22N2O10/c1-13(14-4-5-18-19(9-14)34-12-33-18)25-35-11-21(27)32-10-20(26)24-17-7-15(22(28)30-2)6-16(8-17)23(29)31-3/h4-9H,10-12H2,1-3H3,(H,24,26)/b25-13-. The van der Waals surface area contributed by atoms with Crippen LogP contribution in [0.3, 0.4) is 0 Å². The van der Waals surface area contributed by atoms with Crippen molar-refractivity contribution in [2.45, 2.75) is 6.92 Å². The molecule has 0 saturated heterocycles. The number of benzene rings is 2. The van der Waals surface area contributed by atoms with E-state index in [-0.39, 0.29) is 23.6 Å². The van der Waals surface area contributed by atoms with E-state index in [1.807, 2.05) is 0 Å². The number of carbonyl (C=O) groups excluding carboxylic acids is 4. The summed E-state index contributed by atoms with van der Waals surface area (Å²) in [5, 5.41) is 6.28. The van der Waals surface area contributed by atoms with E-state index in [0.717, 1.165) is 0 Å². The molecule has 0 fully saturated rings. The van der Waals surface area contributed by atoms with Crippen molar-refractivity contribution in [3.63, 3.8) is 0 Å². The van der Waals surface area contributed by atoms with Crippen molar-refractivity contribution in [1.82, 2.24) is 0 Å². The van der Waals surface area contributed by atoms with Gasteiger partial charge >= 0.3 is 17.9 Å². The van der Waals surface area contributed by atoms with E-state index in [2.05, 4.69) is 19.9 Å². The lowest BCUT2D eigenvalue weighted by Gasteiger charge is -2.10. The first kappa shape index (κ1) is 25.0. The highest BCUT2D eigenvalue weighted by Gasteiger charge is 2.17. The molecular formula is C23H22N2O10. The molecule has 1 amide bonds. The van der Waals surface area contributed by atoms with Crippen LogP contribution in [-0.4, -0.2) is 63.8 Å². The molecule has 1 heterocycles. The maximum absolute atomic E-state index is 12.2. The number of nitrogens with one attached hydrogen (secondary N) is 1. The van der Waals surface area contributed by atoms with Gasteiger partial charge in [-0.25, -0.2) is 14.4 Å². The van der Waals surface area contributed by atoms with Gasteiger partial charge in [0.25, 0.3) is 5.91 Å². The predicted octanol–water partition coefficient (Wildman–Crippen LogP) is 1.91. The molecule has 184 valence electrons.